The van der Waals surface area contributed by atoms with Crippen LogP contribution in [-0.2, 0) is 11.4 Å². The highest BCUT2D eigenvalue weighted by Gasteiger charge is 2.62. The van der Waals surface area contributed by atoms with Gasteiger partial charge in [0.25, 0.3) is 5.66 Å². The predicted molar refractivity (Wildman–Crippen MR) is 122 cm³/mol. The van der Waals surface area contributed by atoms with Gasteiger partial charge in [-0.25, -0.2) is 4.99 Å². The SMILES string of the molecule is N#CC1=C2C=CC=CN2[C@@](c2ccccc2)(C(F)(F)F)N=C1SCc1ccc(Cl)cc1Cl. The molecule has 0 amide bonds. The molecule has 2 aromatic rings. The molecule has 3 nitrogen and oxygen atoms in total. The Labute approximate surface area is 197 Å². The van der Waals surface area contributed by atoms with Gasteiger partial charge in [0.05, 0.1) is 5.70 Å². The molecule has 0 saturated heterocycles. The Morgan fingerprint density at radius 2 is 1.84 bits per heavy atom. The van der Waals surface area contributed by atoms with E-state index in [0.717, 1.165) is 16.7 Å². The second-order valence-corrected chi connectivity index (χ2v) is 8.73. The summed E-state index contributed by atoms with van der Waals surface area (Å²) in [4.78, 5) is 5.21. The van der Waals surface area contributed by atoms with Gasteiger partial charge in [-0.2, -0.15) is 18.4 Å². The van der Waals surface area contributed by atoms with Gasteiger partial charge in [0.2, 0.25) is 0 Å². The lowest BCUT2D eigenvalue weighted by Gasteiger charge is -2.45. The molecule has 0 aromatic heterocycles. The summed E-state index contributed by atoms with van der Waals surface area (Å²) < 4.78 is 44.3. The molecule has 4 rings (SSSR count). The van der Waals surface area contributed by atoms with E-state index < -0.39 is 11.8 Å². The minimum Gasteiger partial charge on any atom is -0.310 e. The van der Waals surface area contributed by atoms with Gasteiger partial charge in [-0.15, -0.1) is 11.8 Å². The minimum atomic E-state index is -4.78. The van der Waals surface area contributed by atoms with Crippen LogP contribution >= 0.6 is 35.0 Å². The summed E-state index contributed by atoms with van der Waals surface area (Å²) in [6, 6.07) is 14.4. The lowest BCUT2D eigenvalue weighted by atomic mass is 9.93. The molecule has 0 bridgehead atoms. The Morgan fingerprint density at radius 3 is 2.50 bits per heavy atom. The molecular weight excluding hydrogens is 478 g/mol. The first kappa shape index (κ1) is 22.5. The number of hydrogen-bond acceptors (Lipinski definition) is 4. The van der Waals surface area contributed by atoms with Crippen LogP contribution in [0.15, 0.2) is 89.2 Å². The number of hydrogen-bond donors (Lipinski definition) is 0. The topological polar surface area (TPSA) is 39.4 Å². The Kier molecular flexibility index (Phi) is 6.13. The summed E-state index contributed by atoms with van der Waals surface area (Å²) in [6.45, 7) is 0. The van der Waals surface area contributed by atoms with Crippen molar-refractivity contribution in [2.45, 2.75) is 17.6 Å². The number of rotatable bonds is 3. The lowest BCUT2D eigenvalue weighted by molar-refractivity contribution is -0.222. The second kappa shape index (κ2) is 8.70. The number of aliphatic imine (C=N–C) groups is 1. The number of allylic oxidation sites excluding steroid dienone is 3. The fraction of sp³-hybridized carbons (Fsp3) is 0.130. The van der Waals surface area contributed by atoms with E-state index >= 15 is 0 Å². The van der Waals surface area contributed by atoms with E-state index in [2.05, 4.69) is 4.99 Å². The highest BCUT2D eigenvalue weighted by molar-refractivity contribution is 8.13. The summed E-state index contributed by atoms with van der Waals surface area (Å²) >= 11 is 13.2. The van der Waals surface area contributed by atoms with E-state index in [-0.39, 0.29) is 27.6 Å². The zero-order valence-corrected chi connectivity index (χ0v) is 18.6. The first-order valence-corrected chi connectivity index (χ1v) is 11.1. The molecule has 2 aliphatic heterocycles. The van der Waals surface area contributed by atoms with Gasteiger partial charge < -0.3 is 4.90 Å². The van der Waals surface area contributed by atoms with Crippen LogP contribution in [0, 0.1) is 11.3 Å². The molecule has 2 heterocycles. The fourth-order valence-corrected chi connectivity index (χ4v) is 5.12. The van der Waals surface area contributed by atoms with Crippen molar-refractivity contribution in [3.8, 4) is 6.07 Å². The Balaban J connectivity index is 1.87. The summed E-state index contributed by atoms with van der Waals surface area (Å²) in [5.41, 5.74) is -1.89. The smallest absolute Gasteiger partial charge is 0.310 e. The molecule has 9 heteroatoms. The quantitative estimate of drug-likeness (QED) is 0.454. The van der Waals surface area contributed by atoms with Crippen LogP contribution in [0.4, 0.5) is 13.2 Å². The fourth-order valence-electron chi connectivity index (χ4n) is 3.53. The number of fused-ring (bicyclic) bond motifs is 1. The first-order chi connectivity index (χ1) is 15.3. The van der Waals surface area contributed by atoms with Crippen LogP contribution < -0.4 is 0 Å². The van der Waals surface area contributed by atoms with Gasteiger partial charge in [-0.05, 0) is 29.8 Å². The molecule has 0 aliphatic carbocycles. The lowest BCUT2D eigenvalue weighted by Crippen LogP contribution is -2.55. The van der Waals surface area contributed by atoms with Gasteiger partial charge in [0.1, 0.15) is 16.7 Å². The molecule has 0 unspecified atom stereocenters. The number of alkyl halides is 3. The number of nitrogens with zero attached hydrogens (tertiary/aromatic N) is 3. The van der Waals surface area contributed by atoms with Gasteiger partial charge in [0, 0.05) is 27.6 Å². The largest absolute Gasteiger partial charge is 0.437 e. The summed E-state index contributed by atoms with van der Waals surface area (Å²) in [5.74, 6) is 0.218. The number of thioether (sulfide) groups is 1. The number of nitriles is 1. The maximum atomic E-state index is 14.8. The molecule has 32 heavy (non-hydrogen) atoms. The maximum absolute atomic E-state index is 14.8. The molecule has 0 fully saturated rings. The van der Waals surface area contributed by atoms with Gasteiger partial charge >= 0.3 is 6.18 Å². The van der Waals surface area contributed by atoms with Crippen molar-refractivity contribution >= 4 is 40.0 Å². The molecule has 0 N–H and O–H groups in total. The first-order valence-electron chi connectivity index (χ1n) is 9.35. The van der Waals surface area contributed by atoms with Gasteiger partial charge in [0.15, 0.2) is 0 Å². The average molecular weight is 492 g/mol. The van der Waals surface area contributed by atoms with Crippen molar-refractivity contribution in [2.75, 3.05) is 0 Å². The average Bonchev–Trinajstić information content (AvgIpc) is 2.77. The molecule has 2 aliphatic rings. The summed E-state index contributed by atoms with van der Waals surface area (Å²) in [5, 5.41) is 10.7. The Hall–Kier alpha value is -2.66. The zero-order chi connectivity index (χ0) is 22.9. The van der Waals surface area contributed by atoms with E-state index in [1.807, 2.05) is 6.07 Å². The second-order valence-electron chi connectivity index (χ2n) is 6.92. The highest BCUT2D eigenvalue weighted by Crippen LogP contribution is 2.51. The summed E-state index contributed by atoms with van der Waals surface area (Å²) in [6.07, 6.45) is 1.10. The maximum Gasteiger partial charge on any atom is 0.437 e. The van der Waals surface area contributed by atoms with E-state index in [0.29, 0.717) is 15.6 Å². The van der Waals surface area contributed by atoms with E-state index in [9.17, 15) is 18.4 Å². The van der Waals surface area contributed by atoms with Crippen LogP contribution in [0.3, 0.4) is 0 Å². The third-order valence-corrected chi connectivity index (χ3v) is 6.62. The van der Waals surface area contributed by atoms with Crippen LogP contribution in [0.2, 0.25) is 10.0 Å². The molecule has 0 radical (unpaired) electrons. The predicted octanol–water partition coefficient (Wildman–Crippen LogP) is 7.22. The van der Waals surface area contributed by atoms with Crippen molar-refractivity contribution in [1.29, 1.82) is 5.26 Å². The van der Waals surface area contributed by atoms with E-state index in [1.54, 1.807) is 30.3 Å². The Morgan fingerprint density at radius 1 is 1.09 bits per heavy atom. The third kappa shape index (κ3) is 3.83. The molecule has 2 aromatic carbocycles. The number of halogens is 5. The number of benzene rings is 2. The Bertz CT molecular complexity index is 1210. The summed E-state index contributed by atoms with van der Waals surface area (Å²) in [7, 11) is 0. The van der Waals surface area contributed by atoms with Crippen LogP contribution in [0.5, 0.6) is 0 Å². The zero-order valence-electron chi connectivity index (χ0n) is 16.3. The molecule has 0 saturated carbocycles. The van der Waals surface area contributed by atoms with Gasteiger partial charge in [-0.1, -0.05) is 65.7 Å². The standard InChI is InChI=1S/C23H14Cl2F3N3S/c24-17-10-9-15(19(25)12-17)14-32-21-18(13-29)20-8-4-5-11-31(20)22(30-21,23(26,27)28)16-6-2-1-3-7-16/h1-12H,14H2/t22-/m0/s1. The van der Waals surface area contributed by atoms with E-state index in [1.165, 1.54) is 42.6 Å². The van der Waals surface area contributed by atoms with Crippen LogP contribution in [0.1, 0.15) is 11.1 Å². The van der Waals surface area contributed by atoms with Gasteiger partial charge in [-0.3, -0.25) is 0 Å². The molecular formula is C23H14Cl2F3N3S. The highest BCUT2D eigenvalue weighted by atomic mass is 35.5. The molecule has 162 valence electrons. The molecule has 1 atom stereocenters. The minimum absolute atomic E-state index is 0.00843. The van der Waals surface area contributed by atoms with Crippen LogP contribution in [0.25, 0.3) is 0 Å². The van der Waals surface area contributed by atoms with E-state index in [4.69, 9.17) is 23.2 Å². The third-order valence-electron chi connectivity index (χ3n) is 5.00. The van der Waals surface area contributed by atoms with Crippen molar-refractivity contribution in [2.24, 2.45) is 4.99 Å². The van der Waals surface area contributed by atoms with Crippen LogP contribution in [-0.4, -0.2) is 16.1 Å². The normalized spacial score (nSPS) is 20.1. The van der Waals surface area contributed by atoms with Crippen molar-refractivity contribution in [1.82, 2.24) is 4.90 Å². The van der Waals surface area contributed by atoms with Crippen molar-refractivity contribution in [3.63, 3.8) is 0 Å². The van der Waals surface area contributed by atoms with Crippen molar-refractivity contribution in [3.05, 3.63) is 105 Å². The van der Waals surface area contributed by atoms with Crippen molar-refractivity contribution < 1.29 is 13.2 Å². The molecule has 0 spiro atoms. The monoisotopic (exact) mass is 491 g/mol.